The van der Waals surface area contributed by atoms with Crippen LogP contribution in [0.3, 0.4) is 0 Å². The van der Waals surface area contributed by atoms with E-state index in [1.165, 1.54) is 54.6 Å². The lowest BCUT2D eigenvalue weighted by atomic mass is 10.2. The van der Waals surface area contributed by atoms with E-state index in [2.05, 4.69) is 15.4 Å². The van der Waals surface area contributed by atoms with Crippen molar-refractivity contribution in [3.8, 4) is 0 Å². The van der Waals surface area contributed by atoms with Crippen LogP contribution in [-0.2, 0) is 19.6 Å². The van der Waals surface area contributed by atoms with Gasteiger partial charge in [-0.2, -0.15) is 0 Å². The molecular formula is C22H26FN3O5S. The first-order valence-corrected chi connectivity index (χ1v) is 11.2. The second-order valence-electron chi connectivity index (χ2n) is 7.73. The Morgan fingerprint density at radius 2 is 1.75 bits per heavy atom. The highest BCUT2D eigenvalue weighted by Crippen LogP contribution is 2.15. The second-order valence-corrected chi connectivity index (χ2v) is 9.50. The molecular weight excluding hydrogens is 437 g/mol. The molecule has 0 radical (unpaired) electrons. The van der Waals surface area contributed by atoms with Gasteiger partial charge in [-0.25, -0.2) is 22.3 Å². The fourth-order valence-electron chi connectivity index (χ4n) is 2.42. The van der Waals surface area contributed by atoms with Gasteiger partial charge in [-0.05, 0) is 62.7 Å². The number of ether oxygens (including phenoxy) is 1. The fraction of sp³-hybridized carbons (Fsp3) is 0.273. The van der Waals surface area contributed by atoms with E-state index in [-0.39, 0.29) is 29.5 Å². The number of carbonyl (C=O) groups is 2. The number of anilines is 1. The zero-order valence-corrected chi connectivity index (χ0v) is 18.8. The SMILES string of the molecule is CC(C)(C)OC(=O)NCCNS(=O)(=O)c1cccc(NC(=O)/C=C/c2ccc(F)cc2)c1. The van der Waals surface area contributed by atoms with Crippen molar-refractivity contribution in [1.82, 2.24) is 10.0 Å². The van der Waals surface area contributed by atoms with Crippen LogP contribution in [0.15, 0.2) is 59.5 Å². The normalized spacial score (nSPS) is 11.9. The lowest BCUT2D eigenvalue weighted by molar-refractivity contribution is -0.111. The van der Waals surface area contributed by atoms with E-state index in [1.807, 2.05) is 0 Å². The van der Waals surface area contributed by atoms with E-state index in [9.17, 15) is 22.4 Å². The average Bonchev–Trinajstić information content (AvgIpc) is 2.70. The van der Waals surface area contributed by atoms with Gasteiger partial charge in [-0.3, -0.25) is 4.79 Å². The Morgan fingerprint density at radius 3 is 2.41 bits per heavy atom. The predicted molar refractivity (Wildman–Crippen MR) is 120 cm³/mol. The van der Waals surface area contributed by atoms with Crippen LogP contribution in [0.25, 0.3) is 6.08 Å². The van der Waals surface area contributed by atoms with Crippen molar-refractivity contribution < 1.29 is 27.1 Å². The molecule has 2 amide bonds. The molecule has 2 rings (SSSR count). The molecule has 2 aromatic carbocycles. The molecule has 0 fully saturated rings. The first-order valence-electron chi connectivity index (χ1n) is 9.76. The van der Waals surface area contributed by atoms with E-state index < -0.39 is 27.6 Å². The molecule has 0 bridgehead atoms. The molecule has 0 aliphatic heterocycles. The Morgan fingerprint density at radius 1 is 1.06 bits per heavy atom. The Labute approximate surface area is 186 Å². The zero-order chi connectivity index (χ0) is 23.8. The van der Waals surface area contributed by atoms with Crippen molar-refractivity contribution in [3.05, 3.63) is 66.0 Å². The Kier molecular flexibility index (Phi) is 8.50. The molecule has 0 unspecified atom stereocenters. The summed E-state index contributed by atoms with van der Waals surface area (Å²) in [5.41, 5.74) is 0.276. The maximum atomic E-state index is 12.9. The number of rotatable bonds is 8. The highest BCUT2D eigenvalue weighted by molar-refractivity contribution is 7.89. The number of alkyl carbamates (subject to hydrolysis) is 1. The van der Waals surface area contributed by atoms with Gasteiger partial charge in [-0.1, -0.05) is 18.2 Å². The third-order valence-electron chi connectivity index (χ3n) is 3.79. The number of hydrogen-bond acceptors (Lipinski definition) is 5. The fourth-order valence-corrected chi connectivity index (χ4v) is 3.50. The standard InChI is InChI=1S/C22H26FN3O5S/c1-22(2,3)31-21(28)24-13-14-25-32(29,30)19-6-4-5-18(15-19)26-20(27)12-9-16-7-10-17(23)11-8-16/h4-12,15,25H,13-14H2,1-3H3,(H,24,28)(H,26,27)/b12-9+. The number of halogens is 1. The first kappa shape index (κ1) is 25.0. The minimum absolute atomic E-state index is 0.0404. The summed E-state index contributed by atoms with van der Waals surface area (Å²) in [7, 11) is -3.86. The van der Waals surface area contributed by atoms with Crippen molar-refractivity contribution in [2.45, 2.75) is 31.3 Å². The predicted octanol–water partition coefficient (Wildman–Crippen LogP) is 3.28. The van der Waals surface area contributed by atoms with Crippen LogP contribution < -0.4 is 15.4 Å². The quantitative estimate of drug-likeness (QED) is 0.411. The topological polar surface area (TPSA) is 114 Å². The lowest BCUT2D eigenvalue weighted by Crippen LogP contribution is -2.37. The molecule has 0 aromatic heterocycles. The molecule has 3 N–H and O–H groups in total. The smallest absolute Gasteiger partial charge is 0.407 e. The van der Waals surface area contributed by atoms with Gasteiger partial charge < -0.3 is 15.4 Å². The van der Waals surface area contributed by atoms with Gasteiger partial charge in [0.05, 0.1) is 4.90 Å². The second kappa shape index (κ2) is 10.9. The van der Waals surface area contributed by atoms with Gasteiger partial charge in [0.15, 0.2) is 0 Å². The minimum atomic E-state index is -3.86. The van der Waals surface area contributed by atoms with E-state index in [0.29, 0.717) is 5.56 Å². The van der Waals surface area contributed by atoms with Gasteiger partial charge >= 0.3 is 6.09 Å². The summed E-state index contributed by atoms with van der Waals surface area (Å²) in [6.07, 6.45) is 2.12. The highest BCUT2D eigenvalue weighted by Gasteiger charge is 2.17. The molecule has 0 spiro atoms. The summed E-state index contributed by atoms with van der Waals surface area (Å²) >= 11 is 0. The van der Waals surface area contributed by atoms with Crippen molar-refractivity contribution in [2.75, 3.05) is 18.4 Å². The van der Waals surface area contributed by atoms with Gasteiger partial charge in [0, 0.05) is 24.9 Å². The number of sulfonamides is 1. The Bertz CT molecular complexity index is 1080. The van der Waals surface area contributed by atoms with Crippen LogP contribution >= 0.6 is 0 Å². The Balaban J connectivity index is 1.90. The van der Waals surface area contributed by atoms with E-state index in [1.54, 1.807) is 26.8 Å². The van der Waals surface area contributed by atoms with Crippen molar-refractivity contribution in [2.24, 2.45) is 0 Å². The van der Waals surface area contributed by atoms with Crippen molar-refractivity contribution in [3.63, 3.8) is 0 Å². The third kappa shape index (κ3) is 8.86. The molecule has 0 saturated carbocycles. The molecule has 0 heterocycles. The van der Waals surface area contributed by atoms with Crippen LogP contribution in [0.5, 0.6) is 0 Å². The monoisotopic (exact) mass is 463 g/mol. The molecule has 0 atom stereocenters. The van der Waals surface area contributed by atoms with Crippen LogP contribution in [-0.4, -0.2) is 39.1 Å². The number of amides is 2. The number of benzene rings is 2. The van der Waals surface area contributed by atoms with E-state index >= 15 is 0 Å². The molecule has 0 saturated heterocycles. The van der Waals surface area contributed by atoms with Crippen molar-refractivity contribution >= 4 is 33.8 Å². The summed E-state index contributed by atoms with van der Waals surface area (Å²) in [6.45, 7) is 5.16. The largest absolute Gasteiger partial charge is 0.444 e. The van der Waals surface area contributed by atoms with Gasteiger partial charge in [0.25, 0.3) is 0 Å². The summed E-state index contributed by atoms with van der Waals surface area (Å²) in [5.74, 6) is -0.850. The molecule has 32 heavy (non-hydrogen) atoms. The number of carbonyl (C=O) groups excluding carboxylic acids is 2. The average molecular weight is 464 g/mol. The van der Waals surface area contributed by atoms with Gasteiger partial charge in [0.2, 0.25) is 15.9 Å². The molecule has 0 aliphatic rings. The first-order chi connectivity index (χ1) is 14.9. The summed E-state index contributed by atoms with van der Waals surface area (Å²) < 4.78 is 45.3. The third-order valence-corrected chi connectivity index (χ3v) is 5.25. The van der Waals surface area contributed by atoms with Gasteiger partial charge in [0.1, 0.15) is 11.4 Å². The van der Waals surface area contributed by atoms with Crippen molar-refractivity contribution in [1.29, 1.82) is 0 Å². The molecule has 2 aromatic rings. The van der Waals surface area contributed by atoms with Gasteiger partial charge in [-0.15, -0.1) is 0 Å². The van der Waals surface area contributed by atoms with Crippen LogP contribution in [0.1, 0.15) is 26.3 Å². The van der Waals surface area contributed by atoms with E-state index in [0.717, 1.165) is 0 Å². The molecule has 172 valence electrons. The molecule has 10 heteroatoms. The highest BCUT2D eigenvalue weighted by atomic mass is 32.2. The van der Waals surface area contributed by atoms with E-state index in [4.69, 9.17) is 4.74 Å². The lowest BCUT2D eigenvalue weighted by Gasteiger charge is -2.19. The number of nitrogens with one attached hydrogen (secondary N) is 3. The zero-order valence-electron chi connectivity index (χ0n) is 18.0. The van der Waals surface area contributed by atoms with Crippen LogP contribution in [0, 0.1) is 5.82 Å². The van der Waals surface area contributed by atoms with Crippen LogP contribution in [0.4, 0.5) is 14.9 Å². The Hall–Kier alpha value is -3.24. The minimum Gasteiger partial charge on any atom is -0.444 e. The number of hydrogen-bond donors (Lipinski definition) is 3. The molecule has 0 aliphatic carbocycles. The maximum Gasteiger partial charge on any atom is 0.407 e. The summed E-state index contributed by atoms with van der Waals surface area (Å²) in [6, 6.07) is 11.3. The maximum absolute atomic E-state index is 12.9. The van der Waals surface area contributed by atoms with Crippen LogP contribution in [0.2, 0.25) is 0 Å². The molecule has 8 nitrogen and oxygen atoms in total. The summed E-state index contributed by atoms with van der Waals surface area (Å²) in [5, 5.41) is 5.03. The summed E-state index contributed by atoms with van der Waals surface area (Å²) in [4.78, 5) is 23.6.